The van der Waals surface area contributed by atoms with E-state index in [1.807, 2.05) is 11.3 Å². The molecule has 15 heavy (non-hydrogen) atoms. The molecule has 0 saturated heterocycles. The Morgan fingerprint density at radius 2 is 2.07 bits per heavy atom. The maximum absolute atomic E-state index is 3.65. The van der Waals surface area contributed by atoms with Gasteiger partial charge in [0.15, 0.2) is 0 Å². The molecule has 86 valence electrons. The Morgan fingerprint density at radius 3 is 2.53 bits per heavy atom. The van der Waals surface area contributed by atoms with Crippen LogP contribution in [-0.4, -0.2) is 6.04 Å². The second kappa shape index (κ2) is 6.02. The van der Waals surface area contributed by atoms with Gasteiger partial charge in [-0.05, 0) is 41.8 Å². The third-order valence-corrected chi connectivity index (χ3v) is 4.90. The molecule has 0 radical (unpaired) electrons. The molecule has 0 amide bonds. The van der Waals surface area contributed by atoms with Crippen LogP contribution in [0.3, 0.4) is 0 Å². The van der Waals surface area contributed by atoms with Gasteiger partial charge in [-0.1, -0.05) is 20.3 Å². The minimum atomic E-state index is 0.449. The Labute approximate surface area is 105 Å². The number of halogens is 1. The van der Waals surface area contributed by atoms with Crippen molar-refractivity contribution in [3.05, 3.63) is 20.8 Å². The highest BCUT2D eigenvalue weighted by molar-refractivity contribution is 9.10. The fraction of sp³-hybridized carbons (Fsp3) is 0.667. The molecule has 3 atom stereocenters. The van der Waals surface area contributed by atoms with Gasteiger partial charge in [0.05, 0.1) is 0 Å². The van der Waals surface area contributed by atoms with Crippen LogP contribution in [-0.2, 0) is 0 Å². The minimum absolute atomic E-state index is 0.449. The van der Waals surface area contributed by atoms with Crippen LogP contribution in [0.2, 0.25) is 0 Å². The summed E-state index contributed by atoms with van der Waals surface area (Å²) in [4.78, 5) is 1.40. The van der Waals surface area contributed by atoms with Crippen molar-refractivity contribution in [1.29, 1.82) is 0 Å². The maximum Gasteiger partial charge on any atom is 0.0388 e. The lowest BCUT2D eigenvalue weighted by atomic mass is 10.00. The summed E-state index contributed by atoms with van der Waals surface area (Å²) in [6.45, 7) is 9.05. The van der Waals surface area contributed by atoms with Crippen LogP contribution in [0.4, 0.5) is 0 Å². The third-order valence-electron chi connectivity index (χ3n) is 3.02. The van der Waals surface area contributed by atoms with Crippen LogP contribution < -0.4 is 5.32 Å². The zero-order valence-electron chi connectivity index (χ0n) is 9.88. The second-order valence-electron chi connectivity index (χ2n) is 4.23. The number of hydrogen-bond acceptors (Lipinski definition) is 2. The summed E-state index contributed by atoms with van der Waals surface area (Å²) in [5.74, 6) is 0.732. The molecule has 0 aliphatic heterocycles. The van der Waals surface area contributed by atoms with Gasteiger partial charge in [0.1, 0.15) is 0 Å². The molecule has 0 aromatic carbocycles. The van der Waals surface area contributed by atoms with Crippen LogP contribution in [0, 0.1) is 5.92 Å². The van der Waals surface area contributed by atoms with Gasteiger partial charge in [0.2, 0.25) is 0 Å². The summed E-state index contributed by atoms with van der Waals surface area (Å²) in [5.41, 5.74) is 0. The zero-order valence-corrected chi connectivity index (χ0v) is 12.3. The zero-order chi connectivity index (χ0) is 11.4. The summed E-state index contributed by atoms with van der Waals surface area (Å²) in [6, 6.07) is 3.22. The number of nitrogens with one attached hydrogen (secondary N) is 1. The molecule has 0 saturated carbocycles. The first-order valence-electron chi connectivity index (χ1n) is 5.54. The van der Waals surface area contributed by atoms with Crippen molar-refractivity contribution < 1.29 is 0 Å². The van der Waals surface area contributed by atoms with Crippen LogP contribution in [0.15, 0.2) is 15.9 Å². The molecule has 0 aliphatic rings. The largest absolute Gasteiger partial charge is 0.307 e. The molecule has 0 spiro atoms. The van der Waals surface area contributed by atoms with Crippen molar-refractivity contribution in [1.82, 2.24) is 5.32 Å². The molecular formula is C12H20BrNS. The fourth-order valence-corrected chi connectivity index (χ4v) is 3.01. The topological polar surface area (TPSA) is 12.0 Å². The molecule has 1 aromatic heterocycles. The van der Waals surface area contributed by atoms with Gasteiger partial charge >= 0.3 is 0 Å². The van der Waals surface area contributed by atoms with Crippen LogP contribution >= 0.6 is 27.3 Å². The van der Waals surface area contributed by atoms with E-state index in [2.05, 4.69) is 60.4 Å². The van der Waals surface area contributed by atoms with Crippen molar-refractivity contribution in [3.63, 3.8) is 0 Å². The first-order valence-corrected chi connectivity index (χ1v) is 7.21. The molecule has 1 aromatic rings. The quantitative estimate of drug-likeness (QED) is 0.836. The molecule has 0 aliphatic carbocycles. The Morgan fingerprint density at radius 1 is 1.40 bits per heavy atom. The third kappa shape index (κ3) is 3.89. The molecule has 0 bridgehead atoms. The van der Waals surface area contributed by atoms with Crippen molar-refractivity contribution in [2.24, 2.45) is 5.92 Å². The molecule has 1 nitrogen and oxygen atoms in total. The highest BCUT2D eigenvalue weighted by atomic mass is 79.9. The van der Waals surface area contributed by atoms with Crippen LogP contribution in [0.1, 0.15) is 45.0 Å². The predicted octanol–water partition coefficient (Wildman–Crippen LogP) is 4.60. The molecule has 1 heterocycles. The predicted molar refractivity (Wildman–Crippen MR) is 72.5 cm³/mol. The van der Waals surface area contributed by atoms with Gasteiger partial charge in [-0.3, -0.25) is 0 Å². The average molecular weight is 290 g/mol. The minimum Gasteiger partial charge on any atom is -0.307 e. The SMILES string of the molecule is CCC(C)C(C)NC(C)c1cc(Br)cs1. The van der Waals surface area contributed by atoms with E-state index in [4.69, 9.17) is 0 Å². The van der Waals surface area contributed by atoms with E-state index < -0.39 is 0 Å². The summed E-state index contributed by atoms with van der Waals surface area (Å²) in [7, 11) is 0. The van der Waals surface area contributed by atoms with Gasteiger partial charge in [-0.15, -0.1) is 11.3 Å². The Balaban J connectivity index is 2.52. The van der Waals surface area contributed by atoms with E-state index in [0.717, 1.165) is 5.92 Å². The highest BCUT2D eigenvalue weighted by Gasteiger charge is 2.14. The molecule has 1 N–H and O–H groups in total. The fourth-order valence-electron chi connectivity index (χ4n) is 1.55. The number of rotatable bonds is 5. The monoisotopic (exact) mass is 289 g/mol. The van der Waals surface area contributed by atoms with Crippen LogP contribution in [0.25, 0.3) is 0 Å². The van der Waals surface area contributed by atoms with E-state index in [9.17, 15) is 0 Å². The second-order valence-corrected chi connectivity index (χ2v) is 6.09. The van der Waals surface area contributed by atoms with Crippen molar-refractivity contribution in [2.45, 2.75) is 46.2 Å². The van der Waals surface area contributed by atoms with Gasteiger partial charge < -0.3 is 5.32 Å². The lowest BCUT2D eigenvalue weighted by Crippen LogP contribution is -2.33. The Hall–Kier alpha value is 0.140. The molecule has 0 fully saturated rings. The van der Waals surface area contributed by atoms with E-state index in [1.54, 1.807) is 0 Å². The summed E-state index contributed by atoms with van der Waals surface area (Å²) in [6.07, 6.45) is 1.23. The van der Waals surface area contributed by atoms with E-state index >= 15 is 0 Å². The van der Waals surface area contributed by atoms with E-state index in [0.29, 0.717) is 12.1 Å². The van der Waals surface area contributed by atoms with Gasteiger partial charge in [-0.2, -0.15) is 0 Å². The standard InChI is InChI=1S/C12H20BrNS/c1-5-8(2)9(3)14-10(4)12-6-11(13)7-15-12/h6-10,14H,5H2,1-4H3. The van der Waals surface area contributed by atoms with Crippen molar-refractivity contribution in [2.75, 3.05) is 0 Å². The lowest BCUT2D eigenvalue weighted by molar-refractivity contribution is 0.362. The van der Waals surface area contributed by atoms with Gasteiger partial charge in [-0.25, -0.2) is 0 Å². The van der Waals surface area contributed by atoms with Gasteiger partial charge in [0.25, 0.3) is 0 Å². The molecular weight excluding hydrogens is 270 g/mol. The summed E-state index contributed by atoms with van der Waals surface area (Å²) >= 11 is 5.30. The average Bonchev–Trinajstić information content (AvgIpc) is 2.63. The molecule has 3 unspecified atom stereocenters. The summed E-state index contributed by atoms with van der Waals surface area (Å²) < 4.78 is 1.19. The molecule has 3 heteroatoms. The first kappa shape index (κ1) is 13.2. The molecule has 1 rings (SSSR count). The van der Waals surface area contributed by atoms with Crippen molar-refractivity contribution in [3.8, 4) is 0 Å². The normalized spacial score (nSPS) is 17.4. The lowest BCUT2D eigenvalue weighted by Gasteiger charge is -2.23. The van der Waals surface area contributed by atoms with Gasteiger partial charge in [0, 0.05) is 26.8 Å². The Kier molecular flexibility index (Phi) is 5.30. The van der Waals surface area contributed by atoms with Crippen LogP contribution in [0.5, 0.6) is 0 Å². The Bertz CT molecular complexity index is 298. The highest BCUT2D eigenvalue weighted by Crippen LogP contribution is 2.26. The smallest absolute Gasteiger partial charge is 0.0388 e. The van der Waals surface area contributed by atoms with Crippen molar-refractivity contribution >= 4 is 27.3 Å². The number of hydrogen-bond donors (Lipinski definition) is 1. The van der Waals surface area contributed by atoms with E-state index in [1.165, 1.54) is 15.8 Å². The summed E-state index contributed by atoms with van der Waals surface area (Å²) in [5, 5.41) is 5.79. The first-order chi connectivity index (χ1) is 7.04. The number of thiophene rings is 1. The maximum atomic E-state index is 3.65. The van der Waals surface area contributed by atoms with E-state index in [-0.39, 0.29) is 0 Å².